The zero-order valence-electron chi connectivity index (χ0n) is 25.9. The van der Waals surface area contributed by atoms with Crippen molar-refractivity contribution >= 4 is 33.7 Å². The predicted molar refractivity (Wildman–Crippen MR) is 168 cm³/mol. The quantitative estimate of drug-likeness (QED) is 0.0578. The molecule has 0 bridgehead atoms. The number of hydrogen-bond acceptors (Lipinski definition) is 8. The van der Waals surface area contributed by atoms with Crippen LogP contribution in [0.3, 0.4) is 0 Å². The van der Waals surface area contributed by atoms with Crippen molar-refractivity contribution in [3.63, 3.8) is 0 Å². The van der Waals surface area contributed by atoms with Gasteiger partial charge >= 0.3 is 12.1 Å². The number of hydrogen-bond donors (Lipinski definition) is 3. The molecule has 11 heteroatoms. The van der Waals surface area contributed by atoms with Crippen molar-refractivity contribution < 1.29 is 28.5 Å². The molecule has 234 valence electrons. The van der Waals surface area contributed by atoms with Crippen LogP contribution < -0.4 is 16.0 Å². The first kappa shape index (κ1) is 38.7. The van der Waals surface area contributed by atoms with E-state index in [0.717, 1.165) is 32.3 Å². The second-order valence-electron chi connectivity index (χ2n) is 10.7. The van der Waals surface area contributed by atoms with Gasteiger partial charge in [0.2, 0.25) is 0 Å². The van der Waals surface area contributed by atoms with E-state index in [1.807, 2.05) is 20.8 Å². The number of carbonyl (C=O) groups excluding carboxylic acids is 2. The highest BCUT2D eigenvalue weighted by molar-refractivity contribution is 8.77. The molecule has 3 N–H and O–H groups in total. The maximum Gasteiger partial charge on any atom is 0.407 e. The Balaban J connectivity index is 3.67. The molecule has 0 aliphatic rings. The van der Waals surface area contributed by atoms with Gasteiger partial charge < -0.3 is 34.9 Å². The Hall–Kier alpha value is -1.32. The molecule has 40 heavy (non-hydrogen) atoms. The molecule has 1 atom stereocenters. The molecule has 0 aliphatic carbocycles. The third-order valence-corrected chi connectivity index (χ3v) is 8.86. The minimum Gasteiger partial charge on any atom is -0.450 e. The summed E-state index contributed by atoms with van der Waals surface area (Å²) in [6.07, 6.45) is 4.27. The predicted octanol–water partition coefficient (Wildman–Crippen LogP) is 5.83. The third kappa shape index (κ3) is 28.2. The van der Waals surface area contributed by atoms with Crippen LogP contribution in [0.5, 0.6) is 0 Å². The van der Waals surface area contributed by atoms with E-state index in [9.17, 15) is 9.59 Å². The van der Waals surface area contributed by atoms with Crippen LogP contribution in [0.4, 0.5) is 9.59 Å². The first-order valence-corrected chi connectivity index (χ1v) is 16.8. The van der Waals surface area contributed by atoms with Crippen molar-refractivity contribution in [3.05, 3.63) is 0 Å². The van der Waals surface area contributed by atoms with Crippen LogP contribution in [-0.4, -0.2) is 81.6 Å². The van der Waals surface area contributed by atoms with E-state index in [1.54, 1.807) is 21.6 Å². The summed E-state index contributed by atoms with van der Waals surface area (Å²) in [7, 11) is 3.40. The standard InChI is InChI=1S/C29H55N3O6S2/c1-24(2)12-10-16-31-27(33)30-15-8-9-19-37-26(5)39-40-29(6,7)14-20-38-28(34)32-17-21-36-23-22-35-18-11-13-25(3)4/h24-26H,8-9,11,13-23H2,1-7H3,(H,32,34)(H2,30,31,33)/t26-/m0/s1. The Morgan fingerprint density at radius 3 is 2.25 bits per heavy atom. The zero-order chi connectivity index (χ0) is 30.1. The fraction of sp³-hybridized carbons (Fsp3) is 0.862. The minimum atomic E-state index is -0.425. The second-order valence-corrected chi connectivity index (χ2v) is 13.9. The third-order valence-electron chi connectivity index (χ3n) is 5.24. The molecule has 0 spiro atoms. The summed E-state index contributed by atoms with van der Waals surface area (Å²) in [5.74, 6) is 6.94. The van der Waals surface area contributed by atoms with Crippen molar-refractivity contribution in [2.24, 2.45) is 11.8 Å². The van der Waals surface area contributed by atoms with E-state index in [4.69, 9.17) is 18.9 Å². The second kappa shape index (κ2) is 25.4. The molecular weight excluding hydrogens is 550 g/mol. The summed E-state index contributed by atoms with van der Waals surface area (Å²) < 4.78 is 22.1. The molecule has 0 aromatic heterocycles. The van der Waals surface area contributed by atoms with Crippen LogP contribution in [-0.2, 0) is 18.9 Å². The molecule has 0 radical (unpaired) electrons. The molecule has 0 aromatic rings. The minimum absolute atomic E-state index is 0.0368. The molecule has 0 rings (SSSR count). The normalized spacial score (nSPS) is 12.1. The van der Waals surface area contributed by atoms with Crippen LogP contribution in [0.2, 0.25) is 0 Å². The van der Waals surface area contributed by atoms with Crippen molar-refractivity contribution in [3.8, 4) is 11.8 Å². The van der Waals surface area contributed by atoms with Gasteiger partial charge in [0.1, 0.15) is 5.44 Å². The van der Waals surface area contributed by atoms with Crippen molar-refractivity contribution in [2.45, 2.75) is 90.8 Å². The Morgan fingerprint density at radius 2 is 1.55 bits per heavy atom. The first-order chi connectivity index (χ1) is 19.0. The smallest absolute Gasteiger partial charge is 0.407 e. The van der Waals surface area contributed by atoms with E-state index in [1.165, 1.54) is 6.42 Å². The van der Waals surface area contributed by atoms with Gasteiger partial charge in [-0.3, -0.25) is 0 Å². The highest BCUT2D eigenvalue weighted by Crippen LogP contribution is 2.40. The van der Waals surface area contributed by atoms with Crippen LogP contribution in [0, 0.1) is 23.7 Å². The fourth-order valence-electron chi connectivity index (χ4n) is 2.97. The largest absolute Gasteiger partial charge is 0.450 e. The first-order valence-electron chi connectivity index (χ1n) is 14.5. The molecule has 0 fully saturated rings. The van der Waals surface area contributed by atoms with E-state index < -0.39 is 6.09 Å². The molecular formula is C29H55N3O6S2. The Morgan fingerprint density at radius 1 is 0.825 bits per heavy atom. The average Bonchev–Trinajstić information content (AvgIpc) is 2.88. The fourth-order valence-corrected chi connectivity index (χ4v) is 5.29. The molecule has 3 amide bonds. The number of ether oxygens (including phenoxy) is 4. The molecule has 0 saturated carbocycles. The number of alkyl carbamates (subject to hydrolysis) is 1. The summed E-state index contributed by atoms with van der Waals surface area (Å²) in [5.41, 5.74) is 0.0368. The SMILES string of the molecule is CC(C)C#CCNC(=O)NCCCCO[C@H](C)SSC(C)(C)CCOC(=O)NCCOCCOCCCC(C)C. The number of rotatable bonds is 23. The van der Waals surface area contributed by atoms with Gasteiger partial charge in [0.05, 0.1) is 33.0 Å². The van der Waals surface area contributed by atoms with Crippen LogP contribution in [0.25, 0.3) is 0 Å². The topological polar surface area (TPSA) is 107 Å². The molecule has 0 aliphatic heterocycles. The lowest BCUT2D eigenvalue weighted by Crippen LogP contribution is -2.36. The summed E-state index contributed by atoms with van der Waals surface area (Å²) in [6.45, 7) is 19.4. The van der Waals surface area contributed by atoms with Gasteiger partial charge in [-0.1, -0.05) is 61.1 Å². The number of nitrogens with one attached hydrogen (secondary N) is 3. The maximum atomic E-state index is 11.9. The lowest BCUT2D eigenvalue weighted by molar-refractivity contribution is 0.0462. The Bertz CT molecular complexity index is 714. The zero-order valence-corrected chi connectivity index (χ0v) is 27.5. The van der Waals surface area contributed by atoms with Crippen molar-refractivity contribution in [2.75, 3.05) is 59.3 Å². The lowest BCUT2D eigenvalue weighted by Gasteiger charge is -2.24. The highest BCUT2D eigenvalue weighted by atomic mass is 33.1. The van der Waals surface area contributed by atoms with E-state index in [-0.39, 0.29) is 16.2 Å². The van der Waals surface area contributed by atoms with Gasteiger partial charge in [0, 0.05) is 37.0 Å². The average molecular weight is 606 g/mol. The van der Waals surface area contributed by atoms with Crippen molar-refractivity contribution in [1.82, 2.24) is 16.0 Å². The maximum absolute atomic E-state index is 11.9. The summed E-state index contributed by atoms with van der Waals surface area (Å²) in [4.78, 5) is 23.6. The van der Waals surface area contributed by atoms with Crippen LogP contribution in [0.15, 0.2) is 0 Å². The number of carbonyl (C=O) groups is 2. The summed E-state index contributed by atoms with van der Waals surface area (Å²) in [5, 5.41) is 8.26. The van der Waals surface area contributed by atoms with Crippen LogP contribution in [0.1, 0.15) is 80.6 Å². The van der Waals surface area contributed by atoms with E-state index in [0.29, 0.717) is 64.5 Å². The molecule has 0 heterocycles. The molecule has 0 unspecified atom stereocenters. The van der Waals surface area contributed by atoms with Gasteiger partial charge in [0.25, 0.3) is 0 Å². The van der Waals surface area contributed by atoms with Gasteiger partial charge in [-0.15, -0.1) is 0 Å². The van der Waals surface area contributed by atoms with Crippen molar-refractivity contribution in [1.29, 1.82) is 0 Å². The lowest BCUT2D eigenvalue weighted by atomic mass is 10.1. The summed E-state index contributed by atoms with van der Waals surface area (Å²) >= 11 is 0. The van der Waals surface area contributed by atoms with Gasteiger partial charge in [-0.05, 0) is 58.8 Å². The Kier molecular flexibility index (Phi) is 24.6. The van der Waals surface area contributed by atoms with E-state index >= 15 is 0 Å². The van der Waals surface area contributed by atoms with E-state index in [2.05, 4.69) is 55.5 Å². The monoisotopic (exact) mass is 605 g/mol. The highest BCUT2D eigenvalue weighted by Gasteiger charge is 2.21. The molecule has 0 aromatic carbocycles. The summed E-state index contributed by atoms with van der Waals surface area (Å²) in [6, 6.07) is -0.193. The van der Waals surface area contributed by atoms with Gasteiger partial charge in [0.15, 0.2) is 0 Å². The number of amides is 3. The van der Waals surface area contributed by atoms with Gasteiger partial charge in [-0.25, -0.2) is 9.59 Å². The van der Waals surface area contributed by atoms with Crippen LogP contribution >= 0.6 is 21.6 Å². The number of unbranched alkanes of at least 4 members (excludes halogenated alkanes) is 1. The van der Waals surface area contributed by atoms with Gasteiger partial charge in [-0.2, -0.15) is 0 Å². The number of urea groups is 1. The Labute approximate surface area is 251 Å². The molecule has 9 nitrogen and oxygen atoms in total. The molecule has 0 saturated heterocycles.